The van der Waals surface area contributed by atoms with Crippen LogP contribution in [-0.4, -0.2) is 50.5 Å². The molecule has 0 spiro atoms. The number of thioether (sulfide) groups is 2. The van der Waals surface area contributed by atoms with E-state index < -0.39 is 0 Å². The van der Waals surface area contributed by atoms with Gasteiger partial charge in [0.1, 0.15) is 0 Å². The highest BCUT2D eigenvalue weighted by Gasteiger charge is 2.02. The van der Waals surface area contributed by atoms with Crippen LogP contribution in [0.1, 0.15) is 22.8 Å². The largest absolute Gasteiger partial charge is 0.355 e. The van der Waals surface area contributed by atoms with Crippen LogP contribution in [0.2, 0.25) is 0 Å². The van der Waals surface area contributed by atoms with E-state index in [1.807, 2.05) is 37.4 Å². The van der Waals surface area contributed by atoms with Crippen molar-refractivity contribution in [1.29, 1.82) is 0 Å². The molecule has 0 aliphatic heterocycles. The summed E-state index contributed by atoms with van der Waals surface area (Å²) in [5, 5.41) is 3.22. The molecule has 8 nitrogen and oxygen atoms in total. The second kappa shape index (κ2) is 11.1. The third-order valence-electron chi connectivity index (χ3n) is 3.54. The van der Waals surface area contributed by atoms with Gasteiger partial charge in [-0.05, 0) is 13.8 Å². The van der Waals surface area contributed by atoms with Gasteiger partial charge in [-0.25, -0.2) is 15.8 Å². The lowest BCUT2D eigenvalue weighted by Gasteiger charge is -2.09. The van der Waals surface area contributed by atoms with E-state index >= 15 is 0 Å². The molecule has 0 aromatic carbocycles. The highest BCUT2D eigenvalue weighted by atomic mass is 32.2. The van der Waals surface area contributed by atoms with Crippen LogP contribution in [0.15, 0.2) is 17.6 Å². The number of aryl methyl sites for hydroxylation is 2. The summed E-state index contributed by atoms with van der Waals surface area (Å²) in [6.07, 6.45) is 3.47. The molecule has 2 heterocycles. The smallest absolute Gasteiger partial charge is 0.205 e. The molecule has 0 unspecified atom stereocenters. The van der Waals surface area contributed by atoms with Crippen LogP contribution in [0.3, 0.4) is 0 Å². The van der Waals surface area contributed by atoms with Crippen LogP contribution < -0.4 is 16.6 Å². The van der Waals surface area contributed by atoms with Crippen molar-refractivity contribution in [3.63, 3.8) is 0 Å². The third kappa shape index (κ3) is 7.00. The van der Waals surface area contributed by atoms with Gasteiger partial charge < -0.3 is 15.3 Å². The zero-order chi connectivity index (χ0) is 17.9. The lowest BCUT2D eigenvalue weighted by atomic mass is 10.4. The van der Waals surface area contributed by atoms with Crippen LogP contribution >= 0.6 is 23.5 Å². The van der Waals surface area contributed by atoms with E-state index in [-0.39, 0.29) is 0 Å². The van der Waals surface area contributed by atoms with Crippen molar-refractivity contribution in [1.82, 2.24) is 30.7 Å². The molecule has 0 aliphatic carbocycles. The van der Waals surface area contributed by atoms with Gasteiger partial charge in [-0.1, -0.05) is 0 Å². The molecule has 0 radical (unpaired) electrons. The molecule has 0 fully saturated rings. The van der Waals surface area contributed by atoms with Gasteiger partial charge in [-0.3, -0.25) is 10.4 Å². The number of H-pyrrole nitrogens is 2. The monoisotopic (exact) mass is 382 g/mol. The lowest BCUT2D eigenvalue weighted by Crippen LogP contribution is -2.42. The highest BCUT2D eigenvalue weighted by Crippen LogP contribution is 2.12. The summed E-state index contributed by atoms with van der Waals surface area (Å²) in [5.74, 6) is 9.89. The Morgan fingerprint density at radius 3 is 2.20 bits per heavy atom. The normalized spacial score (nSPS) is 11.7. The van der Waals surface area contributed by atoms with Crippen LogP contribution in [0.25, 0.3) is 0 Å². The minimum Gasteiger partial charge on any atom is -0.355 e. The summed E-state index contributed by atoms with van der Waals surface area (Å²) in [5.41, 5.74) is 7.10. The van der Waals surface area contributed by atoms with Crippen LogP contribution in [0.5, 0.6) is 0 Å². The van der Waals surface area contributed by atoms with Gasteiger partial charge in [0.05, 0.1) is 30.6 Å². The number of nitrogens with one attached hydrogen (secondary N) is 4. The molecule has 2 aromatic heterocycles. The average Bonchev–Trinajstić information content (AvgIpc) is 3.21. The van der Waals surface area contributed by atoms with Crippen LogP contribution in [0.4, 0.5) is 0 Å². The van der Waals surface area contributed by atoms with Crippen LogP contribution in [0, 0.1) is 13.8 Å². The molecule has 6 N–H and O–H groups in total. The highest BCUT2D eigenvalue weighted by molar-refractivity contribution is 7.98. The molecule has 138 valence electrons. The SMILES string of the molecule is Cc1nc[nH]c1CSCC/N=C(\NN)NCCSCc1[nH]cnc1C. The fourth-order valence-electron chi connectivity index (χ4n) is 2.04. The van der Waals surface area contributed by atoms with Gasteiger partial charge in [0.2, 0.25) is 5.96 Å². The number of aliphatic imine (C=N–C) groups is 1. The Labute approximate surface area is 156 Å². The predicted octanol–water partition coefficient (Wildman–Crippen LogP) is 1.33. The molecule has 2 aromatic rings. The Bertz CT molecular complexity index is 652. The first-order valence-corrected chi connectivity index (χ1v) is 10.4. The van der Waals surface area contributed by atoms with E-state index in [0.717, 1.165) is 40.9 Å². The summed E-state index contributed by atoms with van der Waals surface area (Å²) < 4.78 is 0. The van der Waals surface area contributed by atoms with E-state index in [2.05, 4.69) is 35.7 Å². The number of nitrogens with zero attached hydrogens (tertiary/aromatic N) is 3. The number of imidazole rings is 2. The zero-order valence-electron chi connectivity index (χ0n) is 14.6. The lowest BCUT2D eigenvalue weighted by molar-refractivity contribution is 0.864. The first-order chi connectivity index (χ1) is 12.2. The maximum absolute atomic E-state index is 5.51. The molecule has 0 aliphatic rings. The average molecular weight is 383 g/mol. The quantitative estimate of drug-likeness (QED) is 0.138. The Hall–Kier alpha value is -1.65. The molecule has 0 saturated heterocycles. The number of nitrogens with two attached hydrogens (primary N) is 1. The molecule has 10 heteroatoms. The Balaban J connectivity index is 1.55. The van der Waals surface area contributed by atoms with Gasteiger partial charge in [-0.15, -0.1) is 0 Å². The number of rotatable bonds is 10. The van der Waals surface area contributed by atoms with Crippen molar-refractivity contribution >= 4 is 29.5 Å². The van der Waals surface area contributed by atoms with Crippen molar-refractivity contribution in [2.24, 2.45) is 10.8 Å². The molecular weight excluding hydrogens is 356 g/mol. The van der Waals surface area contributed by atoms with Crippen molar-refractivity contribution in [3.8, 4) is 0 Å². The van der Waals surface area contributed by atoms with Gasteiger partial charge in [0.25, 0.3) is 0 Å². The van der Waals surface area contributed by atoms with Gasteiger partial charge >= 0.3 is 0 Å². The third-order valence-corrected chi connectivity index (χ3v) is 5.49. The first-order valence-electron chi connectivity index (χ1n) is 8.08. The van der Waals surface area contributed by atoms with E-state index in [4.69, 9.17) is 5.84 Å². The summed E-state index contributed by atoms with van der Waals surface area (Å²) in [6, 6.07) is 0. The summed E-state index contributed by atoms with van der Waals surface area (Å²) in [6.45, 7) is 5.54. The van der Waals surface area contributed by atoms with E-state index in [1.54, 1.807) is 12.7 Å². The van der Waals surface area contributed by atoms with Gasteiger partial charge in [0.15, 0.2) is 0 Å². The molecule has 0 saturated carbocycles. The zero-order valence-corrected chi connectivity index (χ0v) is 16.3. The Morgan fingerprint density at radius 1 is 1.08 bits per heavy atom. The molecule has 0 amide bonds. The molecular formula is C15H26N8S2. The van der Waals surface area contributed by atoms with Crippen molar-refractivity contribution in [2.75, 3.05) is 24.6 Å². The fraction of sp³-hybridized carbons (Fsp3) is 0.533. The molecule has 0 bridgehead atoms. The predicted molar refractivity (Wildman–Crippen MR) is 107 cm³/mol. The first kappa shape index (κ1) is 19.7. The van der Waals surface area contributed by atoms with Crippen molar-refractivity contribution in [2.45, 2.75) is 25.4 Å². The summed E-state index contributed by atoms with van der Waals surface area (Å²) in [4.78, 5) is 19.1. The molecule has 2 rings (SSSR count). The maximum atomic E-state index is 5.51. The molecule has 25 heavy (non-hydrogen) atoms. The van der Waals surface area contributed by atoms with Crippen molar-refractivity contribution < 1.29 is 0 Å². The maximum Gasteiger partial charge on any atom is 0.205 e. The Morgan fingerprint density at radius 2 is 1.68 bits per heavy atom. The van der Waals surface area contributed by atoms with Gasteiger partial charge in [-0.2, -0.15) is 23.5 Å². The number of aromatic nitrogens is 4. The standard InChI is InChI=1S/C15H26N8S2/c1-11-13(21-9-19-11)7-24-5-3-17-15(23-16)18-4-6-25-8-14-12(2)20-10-22-14/h9-10H,3-8,16H2,1-2H3,(H,19,21)(H,20,22)(H2,17,18,23). The number of hydrogen-bond acceptors (Lipinski definition) is 6. The second-order valence-electron chi connectivity index (χ2n) is 5.34. The van der Waals surface area contributed by atoms with Crippen LogP contribution in [-0.2, 0) is 11.5 Å². The number of aromatic amines is 2. The minimum absolute atomic E-state index is 0.636. The summed E-state index contributed by atoms with van der Waals surface area (Å²) >= 11 is 3.66. The summed E-state index contributed by atoms with van der Waals surface area (Å²) in [7, 11) is 0. The van der Waals surface area contributed by atoms with E-state index in [1.165, 1.54) is 11.4 Å². The Kier molecular flexibility index (Phi) is 8.70. The number of hydrogen-bond donors (Lipinski definition) is 5. The second-order valence-corrected chi connectivity index (χ2v) is 7.55. The fourth-order valence-corrected chi connectivity index (χ4v) is 3.78. The minimum atomic E-state index is 0.636. The van der Waals surface area contributed by atoms with Gasteiger partial charge in [0, 0.05) is 40.9 Å². The van der Waals surface area contributed by atoms with E-state index in [9.17, 15) is 0 Å². The number of guanidine groups is 1. The van der Waals surface area contributed by atoms with Crippen molar-refractivity contribution in [3.05, 3.63) is 35.4 Å². The topological polar surface area (TPSA) is 120 Å². The number of hydrazine groups is 1. The molecule has 0 atom stereocenters. The van der Waals surface area contributed by atoms with E-state index in [0.29, 0.717) is 12.5 Å².